The summed E-state index contributed by atoms with van der Waals surface area (Å²) < 4.78 is 1.82. The number of hydrogen-bond donors (Lipinski definition) is 1. The monoisotopic (exact) mass is 227 g/mol. The Hall–Kier alpha value is -0.880. The molecule has 0 bridgehead atoms. The average molecular weight is 227 g/mol. The normalized spacial score (nSPS) is 10.5. The van der Waals surface area contributed by atoms with E-state index in [1.807, 2.05) is 10.8 Å². The van der Waals surface area contributed by atoms with Crippen LogP contribution in [0.4, 0.5) is 0 Å². The van der Waals surface area contributed by atoms with E-state index in [1.165, 1.54) is 0 Å². The molecule has 0 aliphatic carbocycles. The molecule has 0 aliphatic rings. The second-order valence-corrected chi connectivity index (χ2v) is 4.02. The summed E-state index contributed by atoms with van der Waals surface area (Å²) in [6, 6.07) is 0. The number of rotatable bonds is 8. The van der Waals surface area contributed by atoms with E-state index in [0.29, 0.717) is 0 Å². The van der Waals surface area contributed by atoms with Crippen LogP contribution >= 0.6 is 11.8 Å². The van der Waals surface area contributed by atoms with Gasteiger partial charge in [0.25, 0.3) is 0 Å². The highest BCUT2D eigenvalue weighted by Crippen LogP contribution is 2.12. The van der Waals surface area contributed by atoms with E-state index in [2.05, 4.69) is 34.3 Å². The highest BCUT2D eigenvalue weighted by atomic mass is 32.2. The minimum atomic E-state index is 0.812. The van der Waals surface area contributed by atoms with Crippen LogP contribution in [0.5, 0.6) is 0 Å². The summed E-state index contributed by atoms with van der Waals surface area (Å²) in [6.45, 7) is 8.57. The van der Waals surface area contributed by atoms with Crippen molar-refractivity contribution in [3.63, 3.8) is 0 Å². The molecule has 1 aromatic rings. The zero-order valence-electron chi connectivity index (χ0n) is 9.02. The Morgan fingerprint density at radius 2 is 2.40 bits per heavy atom. The van der Waals surface area contributed by atoms with Gasteiger partial charge in [-0.15, -0.1) is 11.7 Å². The molecule has 0 saturated carbocycles. The molecule has 15 heavy (non-hydrogen) atoms. The van der Waals surface area contributed by atoms with E-state index in [9.17, 15) is 0 Å². The van der Waals surface area contributed by atoms with Crippen molar-refractivity contribution in [1.82, 2.24) is 25.5 Å². The maximum atomic E-state index is 3.94. The Labute approximate surface area is 94.3 Å². The summed E-state index contributed by atoms with van der Waals surface area (Å²) in [7, 11) is 0. The SMILES string of the molecule is C=CCSc1nnnn1CCNCCC. The van der Waals surface area contributed by atoms with E-state index >= 15 is 0 Å². The van der Waals surface area contributed by atoms with Gasteiger partial charge in [-0.1, -0.05) is 24.8 Å². The number of nitrogens with one attached hydrogen (secondary N) is 1. The number of tetrazole rings is 1. The Balaban J connectivity index is 2.32. The van der Waals surface area contributed by atoms with Gasteiger partial charge in [-0.25, -0.2) is 4.68 Å². The summed E-state index contributed by atoms with van der Waals surface area (Å²) in [5.74, 6) is 0.836. The summed E-state index contributed by atoms with van der Waals surface area (Å²) >= 11 is 1.60. The largest absolute Gasteiger partial charge is 0.315 e. The van der Waals surface area contributed by atoms with Gasteiger partial charge in [0.1, 0.15) is 0 Å². The molecule has 0 unspecified atom stereocenters. The summed E-state index contributed by atoms with van der Waals surface area (Å²) in [4.78, 5) is 0. The van der Waals surface area contributed by atoms with Crippen LogP contribution in [-0.4, -0.2) is 39.0 Å². The Morgan fingerprint density at radius 1 is 1.53 bits per heavy atom. The molecule has 0 spiro atoms. The molecule has 0 radical (unpaired) electrons. The van der Waals surface area contributed by atoms with Crippen LogP contribution in [0, 0.1) is 0 Å². The molecule has 0 saturated heterocycles. The second kappa shape index (κ2) is 7.42. The van der Waals surface area contributed by atoms with Crippen LogP contribution in [0.2, 0.25) is 0 Å². The number of nitrogens with zero attached hydrogens (tertiary/aromatic N) is 4. The van der Waals surface area contributed by atoms with Gasteiger partial charge in [0.15, 0.2) is 0 Å². The molecule has 1 rings (SSSR count). The number of hydrogen-bond acceptors (Lipinski definition) is 5. The topological polar surface area (TPSA) is 55.6 Å². The van der Waals surface area contributed by atoms with Crippen LogP contribution < -0.4 is 5.32 Å². The van der Waals surface area contributed by atoms with Gasteiger partial charge >= 0.3 is 0 Å². The van der Waals surface area contributed by atoms with Gasteiger partial charge in [0, 0.05) is 12.3 Å². The third-order valence-corrected chi connectivity index (χ3v) is 2.71. The van der Waals surface area contributed by atoms with Crippen molar-refractivity contribution in [3.05, 3.63) is 12.7 Å². The highest BCUT2D eigenvalue weighted by Gasteiger charge is 2.04. The standard InChI is InChI=1S/C9H17N5S/c1-3-5-10-6-7-14-9(11-12-13-14)15-8-4-2/h4,10H,2-3,5-8H2,1H3. The molecule has 0 amide bonds. The molecule has 0 atom stereocenters. The van der Waals surface area contributed by atoms with Gasteiger partial charge in [-0.3, -0.25) is 0 Å². The first-order chi connectivity index (χ1) is 7.38. The Kier molecular flexibility index (Phi) is 6.03. The zero-order chi connectivity index (χ0) is 10.9. The molecular formula is C9H17N5S. The van der Waals surface area contributed by atoms with Crippen molar-refractivity contribution < 1.29 is 0 Å². The molecule has 1 aromatic heterocycles. The molecular weight excluding hydrogens is 210 g/mol. The molecule has 0 fully saturated rings. The predicted octanol–water partition coefficient (Wildman–Crippen LogP) is 0.951. The summed E-state index contributed by atoms with van der Waals surface area (Å²) in [5, 5.41) is 15.7. The maximum absolute atomic E-state index is 3.94. The zero-order valence-corrected chi connectivity index (χ0v) is 9.83. The average Bonchev–Trinajstić information content (AvgIpc) is 2.69. The third-order valence-electron chi connectivity index (χ3n) is 1.76. The molecule has 0 aliphatic heterocycles. The highest BCUT2D eigenvalue weighted by molar-refractivity contribution is 7.99. The fraction of sp³-hybridized carbons (Fsp3) is 0.667. The lowest BCUT2D eigenvalue weighted by Gasteiger charge is -2.04. The van der Waals surface area contributed by atoms with Crippen molar-refractivity contribution in [2.24, 2.45) is 0 Å². The van der Waals surface area contributed by atoms with Crippen LogP contribution in [0.15, 0.2) is 17.8 Å². The van der Waals surface area contributed by atoms with Crippen molar-refractivity contribution in [2.75, 3.05) is 18.8 Å². The van der Waals surface area contributed by atoms with E-state index in [0.717, 1.165) is 37.0 Å². The van der Waals surface area contributed by atoms with E-state index in [4.69, 9.17) is 0 Å². The van der Waals surface area contributed by atoms with Crippen molar-refractivity contribution in [2.45, 2.75) is 25.0 Å². The van der Waals surface area contributed by atoms with E-state index < -0.39 is 0 Å². The van der Waals surface area contributed by atoms with Crippen LogP contribution in [-0.2, 0) is 6.54 Å². The number of aromatic nitrogens is 4. The van der Waals surface area contributed by atoms with E-state index in [1.54, 1.807) is 11.8 Å². The second-order valence-electron chi connectivity index (χ2n) is 3.03. The quantitative estimate of drug-likeness (QED) is 0.407. The van der Waals surface area contributed by atoms with Crippen LogP contribution in [0.3, 0.4) is 0 Å². The number of thioether (sulfide) groups is 1. The fourth-order valence-corrected chi connectivity index (χ4v) is 1.70. The fourth-order valence-electron chi connectivity index (χ4n) is 1.06. The lowest BCUT2D eigenvalue weighted by Crippen LogP contribution is -2.21. The smallest absolute Gasteiger partial charge is 0.209 e. The van der Waals surface area contributed by atoms with Crippen molar-refractivity contribution in [3.8, 4) is 0 Å². The minimum Gasteiger partial charge on any atom is -0.315 e. The molecule has 0 aromatic carbocycles. The summed E-state index contributed by atoms with van der Waals surface area (Å²) in [5.41, 5.74) is 0. The van der Waals surface area contributed by atoms with Crippen LogP contribution in [0.25, 0.3) is 0 Å². The molecule has 5 nitrogen and oxygen atoms in total. The van der Waals surface area contributed by atoms with Crippen molar-refractivity contribution in [1.29, 1.82) is 0 Å². The molecule has 84 valence electrons. The maximum Gasteiger partial charge on any atom is 0.209 e. The lowest BCUT2D eigenvalue weighted by molar-refractivity contribution is 0.511. The lowest BCUT2D eigenvalue weighted by atomic mass is 10.5. The first-order valence-corrected chi connectivity index (χ1v) is 6.07. The predicted molar refractivity (Wildman–Crippen MR) is 61.9 cm³/mol. The molecule has 6 heteroatoms. The van der Waals surface area contributed by atoms with Crippen molar-refractivity contribution >= 4 is 11.8 Å². The van der Waals surface area contributed by atoms with E-state index in [-0.39, 0.29) is 0 Å². The first kappa shape index (κ1) is 12.2. The first-order valence-electron chi connectivity index (χ1n) is 5.09. The van der Waals surface area contributed by atoms with Crippen LogP contribution in [0.1, 0.15) is 13.3 Å². The van der Waals surface area contributed by atoms with Gasteiger partial charge in [-0.05, 0) is 23.4 Å². The van der Waals surface area contributed by atoms with Gasteiger partial charge in [-0.2, -0.15) is 0 Å². The third kappa shape index (κ3) is 4.44. The van der Waals surface area contributed by atoms with Gasteiger partial charge in [0.05, 0.1) is 6.54 Å². The summed E-state index contributed by atoms with van der Waals surface area (Å²) in [6.07, 6.45) is 2.99. The van der Waals surface area contributed by atoms with Gasteiger partial charge in [0.2, 0.25) is 5.16 Å². The Morgan fingerprint density at radius 3 is 3.13 bits per heavy atom. The minimum absolute atomic E-state index is 0.812. The molecule has 1 heterocycles. The Bertz CT molecular complexity index is 286. The molecule has 1 N–H and O–H groups in total. The van der Waals surface area contributed by atoms with Gasteiger partial charge < -0.3 is 5.32 Å².